The maximum absolute atomic E-state index is 8.74. The quantitative estimate of drug-likeness (QED) is 0.329. The molecular weight excluding hydrogens is 220 g/mol. The molecule has 0 amide bonds. The molecule has 0 saturated carbocycles. The van der Waals surface area contributed by atoms with Crippen LogP contribution in [0.2, 0.25) is 0 Å². The third-order valence-corrected chi connectivity index (χ3v) is 0. The van der Waals surface area contributed by atoms with Gasteiger partial charge in [-0.25, -0.2) is 0 Å². The summed E-state index contributed by atoms with van der Waals surface area (Å²) >= 11 is 0. The van der Waals surface area contributed by atoms with E-state index in [0.717, 1.165) is 0 Å². The molecule has 0 aliphatic heterocycles. The van der Waals surface area contributed by atoms with Crippen molar-refractivity contribution in [3.63, 3.8) is 0 Å². The van der Waals surface area contributed by atoms with E-state index in [0.29, 0.717) is 0 Å². The Balaban J connectivity index is -0.0000000267. The first-order valence-corrected chi connectivity index (χ1v) is 2.10. The van der Waals surface area contributed by atoms with Crippen LogP contribution >= 0.6 is 0 Å². The number of rotatable bonds is 0. The van der Waals surface area contributed by atoms with Crippen LogP contribution in [0.5, 0.6) is 0 Å². The molecule has 2 N–H and O–H groups in total. The van der Waals surface area contributed by atoms with Crippen LogP contribution in [0.1, 0.15) is 1.43 Å². The van der Waals surface area contributed by atoms with E-state index in [4.69, 9.17) is 17.5 Å². The molecule has 0 saturated heterocycles. The van der Waals surface area contributed by atoms with Crippen molar-refractivity contribution in [2.24, 2.45) is 0 Å². The van der Waals surface area contributed by atoms with Gasteiger partial charge in [-0.05, 0) is 0 Å². The predicted octanol–water partition coefficient (Wildman–Crippen LogP) is -3.54. The van der Waals surface area contributed by atoms with E-state index in [1.807, 2.05) is 0 Å². The molecule has 0 bridgehead atoms. The zero-order valence-electron chi connectivity index (χ0n) is 4.47. The smallest absolute Gasteiger partial charge is 1.00 e. The van der Waals surface area contributed by atoms with Crippen molar-refractivity contribution in [1.82, 2.24) is 0 Å². The fraction of sp³-hybridized carbons (Fsp3) is 0. The predicted molar refractivity (Wildman–Crippen MR) is 15.3 cm³/mol. The van der Waals surface area contributed by atoms with Gasteiger partial charge in [-0.3, -0.25) is 9.11 Å². The fourth-order valence-corrected chi connectivity index (χ4v) is 0. The molecule has 0 aromatic rings. The van der Waals surface area contributed by atoms with Gasteiger partial charge in [0.15, 0.2) is 0 Å². The second-order valence-corrected chi connectivity index (χ2v) is 1.34. The molecule has 0 aliphatic carbocycles. The molecule has 0 heterocycles. The summed E-state index contributed by atoms with van der Waals surface area (Å²) in [5.41, 5.74) is 0. The summed E-state index contributed by atoms with van der Waals surface area (Å²) in [6.07, 6.45) is 0. The summed E-state index contributed by atoms with van der Waals surface area (Å²) in [5, 5.41) is 0. The number of hydrogen-bond acceptors (Lipinski definition) is 2. The van der Waals surface area contributed by atoms with Crippen LogP contribution in [-0.4, -0.2) is 17.5 Å². The van der Waals surface area contributed by atoms with Gasteiger partial charge in [0.25, 0.3) is 0 Å². The van der Waals surface area contributed by atoms with Crippen molar-refractivity contribution < 1.29 is 68.0 Å². The first kappa shape index (κ1) is 15.8. The van der Waals surface area contributed by atoms with Crippen LogP contribution in [0.15, 0.2) is 0 Å². The molecule has 7 heavy (non-hydrogen) atoms. The largest absolute Gasteiger partial charge is 1.00 e. The van der Waals surface area contributed by atoms with Crippen molar-refractivity contribution in [1.29, 1.82) is 0 Å². The van der Waals surface area contributed by atoms with Crippen molar-refractivity contribution in [2.75, 3.05) is 0 Å². The monoisotopic (exact) mass is 224 g/mol. The topological polar surface area (TPSA) is 74.6 Å². The first-order chi connectivity index (χ1) is 2.00. The van der Waals surface area contributed by atoms with Gasteiger partial charge in [-0.2, -0.15) is 8.42 Å². The second kappa shape index (κ2) is 5.63. The molecule has 0 atom stereocenters. The van der Waals surface area contributed by atoms with E-state index in [9.17, 15) is 0 Å². The minimum Gasteiger partial charge on any atom is -1.00 e. The van der Waals surface area contributed by atoms with E-state index in [1.165, 1.54) is 0 Å². The van der Waals surface area contributed by atoms with Crippen molar-refractivity contribution in [3.8, 4) is 0 Å². The Bertz CT molecular complexity index is 99.2. The Morgan fingerprint density at radius 1 is 1.29 bits per heavy atom. The van der Waals surface area contributed by atoms with Gasteiger partial charge in [0.05, 0.1) is 0 Å². The SMILES string of the molecule is O=S(=O)(O)O.[H-].[Na+].[Ru]. The molecule has 0 fully saturated rings. The van der Waals surface area contributed by atoms with Crippen molar-refractivity contribution in [3.05, 3.63) is 0 Å². The van der Waals surface area contributed by atoms with Gasteiger partial charge in [-0.15, -0.1) is 0 Å². The van der Waals surface area contributed by atoms with Crippen LogP contribution in [0.25, 0.3) is 0 Å². The summed E-state index contributed by atoms with van der Waals surface area (Å²) in [7, 11) is -4.67. The van der Waals surface area contributed by atoms with Crippen molar-refractivity contribution >= 4 is 10.4 Å². The summed E-state index contributed by atoms with van der Waals surface area (Å²) < 4.78 is 31.6. The molecular formula is H3NaO4RuS. The molecule has 0 radical (unpaired) electrons. The van der Waals surface area contributed by atoms with Crippen LogP contribution in [0.4, 0.5) is 0 Å². The standard InChI is InChI=1S/Na.H2O4S.Ru.H/c;1-5(2,3)4;;/h;(H2,1,2,3,4);;/q+1;;;-1. The van der Waals surface area contributed by atoms with Gasteiger partial charge in [-0.1, -0.05) is 0 Å². The normalized spacial score (nSPS) is 8.29. The summed E-state index contributed by atoms with van der Waals surface area (Å²) in [6, 6.07) is 0. The first-order valence-electron chi connectivity index (χ1n) is 0.698. The molecule has 0 spiro atoms. The van der Waals surface area contributed by atoms with Gasteiger partial charge in [0.2, 0.25) is 0 Å². The molecule has 0 aromatic heterocycles. The molecule has 7 heteroatoms. The maximum Gasteiger partial charge on any atom is 1.00 e. The average molecular weight is 223 g/mol. The van der Waals surface area contributed by atoms with Crippen molar-refractivity contribution in [2.45, 2.75) is 0 Å². The minimum absolute atomic E-state index is 0. The Labute approximate surface area is 77.8 Å². The zero-order chi connectivity index (χ0) is 4.50. The van der Waals surface area contributed by atoms with Crippen LogP contribution < -0.4 is 29.6 Å². The van der Waals surface area contributed by atoms with Gasteiger partial charge in [0.1, 0.15) is 0 Å². The Morgan fingerprint density at radius 2 is 1.29 bits per heavy atom. The maximum atomic E-state index is 8.74. The summed E-state index contributed by atoms with van der Waals surface area (Å²) in [6.45, 7) is 0. The fourth-order valence-electron chi connectivity index (χ4n) is 0. The summed E-state index contributed by atoms with van der Waals surface area (Å²) in [5.74, 6) is 0. The third kappa shape index (κ3) is 101. The average Bonchev–Trinajstić information content (AvgIpc) is 0.722. The molecule has 4 nitrogen and oxygen atoms in total. The Hall–Kier alpha value is 1.49. The molecule has 42 valence electrons. The summed E-state index contributed by atoms with van der Waals surface area (Å²) in [4.78, 5) is 0. The van der Waals surface area contributed by atoms with Crippen LogP contribution in [0.3, 0.4) is 0 Å². The van der Waals surface area contributed by atoms with E-state index in [2.05, 4.69) is 0 Å². The molecule has 0 aliphatic rings. The van der Waals surface area contributed by atoms with E-state index >= 15 is 0 Å². The Morgan fingerprint density at radius 3 is 1.29 bits per heavy atom. The molecule has 0 unspecified atom stereocenters. The molecule has 0 rings (SSSR count). The van der Waals surface area contributed by atoms with E-state index in [1.54, 1.807) is 0 Å². The zero-order valence-corrected chi connectivity index (χ0v) is 8.03. The van der Waals surface area contributed by atoms with E-state index in [-0.39, 0.29) is 50.5 Å². The van der Waals surface area contributed by atoms with Gasteiger partial charge < -0.3 is 1.43 Å². The Kier molecular flexibility index (Phi) is 12.7. The van der Waals surface area contributed by atoms with E-state index < -0.39 is 10.4 Å². The van der Waals surface area contributed by atoms with Crippen LogP contribution in [0, 0.1) is 0 Å². The van der Waals surface area contributed by atoms with Crippen LogP contribution in [-0.2, 0) is 29.9 Å². The van der Waals surface area contributed by atoms with Gasteiger partial charge in [0, 0.05) is 19.5 Å². The second-order valence-electron chi connectivity index (χ2n) is 0.448. The molecule has 0 aromatic carbocycles. The number of hydrogen-bond donors (Lipinski definition) is 2. The van der Waals surface area contributed by atoms with Gasteiger partial charge >= 0.3 is 40.0 Å². The third-order valence-electron chi connectivity index (χ3n) is 0. The minimum atomic E-state index is -4.67.